The largest absolute Gasteiger partial charge is 0.489 e. The van der Waals surface area contributed by atoms with E-state index >= 15 is 0 Å². The minimum Gasteiger partial charge on any atom is -0.489 e. The van der Waals surface area contributed by atoms with Gasteiger partial charge in [0.05, 0.1) is 13.2 Å². The molecule has 1 heterocycles. The van der Waals surface area contributed by atoms with Gasteiger partial charge in [-0.1, -0.05) is 94.2 Å². The van der Waals surface area contributed by atoms with Crippen molar-refractivity contribution in [2.24, 2.45) is 0 Å². The van der Waals surface area contributed by atoms with E-state index in [1.807, 2.05) is 12.1 Å². The zero-order valence-electron chi connectivity index (χ0n) is 25.7. The highest BCUT2D eigenvalue weighted by Gasteiger charge is 2.21. The summed E-state index contributed by atoms with van der Waals surface area (Å²) in [6.45, 7) is 12.0. The molecule has 0 saturated carbocycles. The number of benzene rings is 1. The summed E-state index contributed by atoms with van der Waals surface area (Å²) in [6, 6.07) is 5.50. The zero-order chi connectivity index (χ0) is 29.0. The van der Waals surface area contributed by atoms with Gasteiger partial charge in [0.15, 0.2) is 5.75 Å². The molecule has 5 heteroatoms. The summed E-state index contributed by atoms with van der Waals surface area (Å²) < 4.78 is 24.1. The molecule has 0 N–H and O–H groups in total. The third kappa shape index (κ3) is 12.5. The molecular weight excluding hydrogens is 500 g/mol. The number of rotatable bonds is 21. The van der Waals surface area contributed by atoms with Gasteiger partial charge in [-0.25, -0.2) is 4.79 Å². The van der Waals surface area contributed by atoms with Crippen molar-refractivity contribution in [3.05, 3.63) is 64.1 Å². The summed E-state index contributed by atoms with van der Waals surface area (Å²) >= 11 is 0. The Bertz CT molecular complexity index is 1130. The molecule has 1 aromatic heterocycles. The molecular formula is C35H52O5. The second-order valence-electron chi connectivity index (χ2n) is 10.7. The van der Waals surface area contributed by atoms with Crippen LogP contribution in [0.5, 0.6) is 17.2 Å². The molecule has 0 bridgehead atoms. The zero-order valence-corrected chi connectivity index (χ0v) is 25.7. The van der Waals surface area contributed by atoms with Crippen LogP contribution in [0.3, 0.4) is 0 Å². The third-order valence-corrected chi connectivity index (χ3v) is 6.75. The molecule has 0 radical (unpaired) electrons. The molecule has 0 aliphatic rings. The molecule has 0 spiro atoms. The smallest absolute Gasteiger partial charge is 0.383 e. The molecule has 1 aromatic carbocycles. The molecule has 0 amide bonds. The summed E-state index contributed by atoms with van der Waals surface area (Å²) in [6.07, 6.45) is 21.9. The van der Waals surface area contributed by atoms with Crippen LogP contribution in [-0.4, -0.2) is 19.8 Å². The summed E-state index contributed by atoms with van der Waals surface area (Å²) in [5.74, 6) is 1.17. The number of hydrogen-bond donors (Lipinski definition) is 0. The Hall–Kier alpha value is -2.95. The van der Waals surface area contributed by atoms with E-state index in [1.54, 1.807) is 6.07 Å². The maximum atomic E-state index is 13.0. The number of unbranched alkanes of at least 4 members (excludes halogenated alkanes) is 7. The minimum atomic E-state index is -0.515. The van der Waals surface area contributed by atoms with Crippen molar-refractivity contribution >= 4 is 11.0 Å². The van der Waals surface area contributed by atoms with E-state index in [4.69, 9.17) is 18.6 Å². The molecule has 0 atom stereocenters. The molecule has 0 saturated heterocycles. The average Bonchev–Trinajstić information content (AvgIpc) is 2.92. The molecule has 2 rings (SSSR count). The van der Waals surface area contributed by atoms with Gasteiger partial charge in [-0.05, 0) is 71.1 Å². The van der Waals surface area contributed by atoms with Crippen LogP contribution >= 0.6 is 0 Å². The Morgan fingerprint density at radius 3 is 2.25 bits per heavy atom. The van der Waals surface area contributed by atoms with E-state index in [2.05, 4.69) is 58.9 Å². The Labute approximate surface area is 242 Å². The Morgan fingerprint density at radius 2 is 1.52 bits per heavy atom. The standard InChI is InChI=1S/C35H52O5/c1-6-8-10-12-13-14-15-17-26-39-34-33(38-25-16-11-9-7-2)32-30(22-19-23-31(32)40-35(34)36)37-27-24-29(5)21-18-20-28(3)4/h9,11,19-20,22-24H,6-8,10,12-18,21,25-27H2,1-5H3/b11-9?,29-24+. The lowest BCUT2D eigenvalue weighted by molar-refractivity contribution is 0.255. The first-order valence-corrected chi connectivity index (χ1v) is 15.4. The average molecular weight is 553 g/mol. The lowest BCUT2D eigenvalue weighted by Gasteiger charge is -2.16. The summed E-state index contributed by atoms with van der Waals surface area (Å²) in [5.41, 5.74) is 2.53. The first-order chi connectivity index (χ1) is 19.5. The van der Waals surface area contributed by atoms with Crippen molar-refractivity contribution in [1.29, 1.82) is 0 Å². The van der Waals surface area contributed by atoms with Crippen LogP contribution in [0.25, 0.3) is 11.0 Å². The van der Waals surface area contributed by atoms with Gasteiger partial charge in [0, 0.05) is 0 Å². The van der Waals surface area contributed by atoms with Crippen LogP contribution in [0.1, 0.15) is 112 Å². The Balaban J connectivity index is 2.18. The number of hydrogen-bond acceptors (Lipinski definition) is 5. The molecule has 0 aliphatic heterocycles. The summed E-state index contributed by atoms with van der Waals surface area (Å²) in [4.78, 5) is 13.0. The fourth-order valence-electron chi connectivity index (χ4n) is 4.44. The Kier molecular flexibility index (Phi) is 16.6. The number of allylic oxidation sites excluding steroid dienone is 4. The molecule has 0 aliphatic carbocycles. The highest BCUT2D eigenvalue weighted by molar-refractivity contribution is 5.91. The lowest BCUT2D eigenvalue weighted by atomic mass is 10.1. The normalized spacial score (nSPS) is 11.8. The number of fused-ring (bicyclic) bond motifs is 1. The second-order valence-corrected chi connectivity index (χ2v) is 10.7. The van der Waals surface area contributed by atoms with Crippen molar-refractivity contribution in [2.45, 2.75) is 112 Å². The van der Waals surface area contributed by atoms with Crippen LogP contribution in [0.2, 0.25) is 0 Å². The molecule has 0 unspecified atom stereocenters. The van der Waals surface area contributed by atoms with Crippen molar-refractivity contribution in [3.8, 4) is 17.2 Å². The maximum Gasteiger partial charge on any atom is 0.383 e. The van der Waals surface area contributed by atoms with Gasteiger partial charge in [-0.15, -0.1) is 0 Å². The van der Waals surface area contributed by atoms with Crippen molar-refractivity contribution in [1.82, 2.24) is 0 Å². The summed E-state index contributed by atoms with van der Waals surface area (Å²) in [5, 5.41) is 0.642. The lowest BCUT2D eigenvalue weighted by Crippen LogP contribution is -2.12. The van der Waals surface area contributed by atoms with E-state index in [0.29, 0.717) is 42.3 Å². The van der Waals surface area contributed by atoms with Crippen LogP contribution in [-0.2, 0) is 0 Å². The van der Waals surface area contributed by atoms with Gasteiger partial charge < -0.3 is 18.6 Å². The van der Waals surface area contributed by atoms with E-state index in [-0.39, 0.29) is 5.75 Å². The Morgan fingerprint density at radius 1 is 0.800 bits per heavy atom. The van der Waals surface area contributed by atoms with Crippen LogP contribution < -0.4 is 19.8 Å². The third-order valence-electron chi connectivity index (χ3n) is 6.75. The van der Waals surface area contributed by atoms with E-state index in [0.717, 1.165) is 38.5 Å². The molecule has 40 heavy (non-hydrogen) atoms. The first-order valence-electron chi connectivity index (χ1n) is 15.4. The van der Waals surface area contributed by atoms with Crippen LogP contribution in [0, 0.1) is 0 Å². The minimum absolute atomic E-state index is 0.138. The molecule has 0 fully saturated rings. The predicted octanol–water partition coefficient (Wildman–Crippen LogP) is 10.1. The van der Waals surface area contributed by atoms with Gasteiger partial charge in [-0.2, -0.15) is 0 Å². The van der Waals surface area contributed by atoms with E-state index in [9.17, 15) is 4.79 Å². The second kappa shape index (κ2) is 20.0. The van der Waals surface area contributed by atoms with Crippen molar-refractivity contribution < 1.29 is 18.6 Å². The maximum absolute atomic E-state index is 13.0. The highest BCUT2D eigenvalue weighted by Crippen LogP contribution is 2.39. The molecule has 222 valence electrons. The first kappa shape index (κ1) is 33.3. The van der Waals surface area contributed by atoms with Crippen LogP contribution in [0.4, 0.5) is 0 Å². The van der Waals surface area contributed by atoms with Gasteiger partial charge in [-0.3, -0.25) is 0 Å². The quantitative estimate of drug-likeness (QED) is 0.0876. The van der Waals surface area contributed by atoms with Gasteiger partial charge in [0.25, 0.3) is 0 Å². The summed E-state index contributed by atoms with van der Waals surface area (Å²) in [7, 11) is 0. The van der Waals surface area contributed by atoms with E-state index < -0.39 is 5.63 Å². The fourth-order valence-corrected chi connectivity index (χ4v) is 4.44. The predicted molar refractivity (Wildman–Crippen MR) is 168 cm³/mol. The number of ether oxygens (including phenoxy) is 3. The van der Waals surface area contributed by atoms with Gasteiger partial charge in [0.1, 0.15) is 23.3 Å². The monoisotopic (exact) mass is 552 g/mol. The molecule has 5 nitrogen and oxygen atoms in total. The fraction of sp³-hybridized carbons (Fsp3) is 0.571. The SMILES string of the molecule is CCC=CCCOc1c(OCCCCCCCCCC)c(=O)oc2cccc(OC/C=C(\C)CCC=C(C)C)c12. The topological polar surface area (TPSA) is 57.9 Å². The van der Waals surface area contributed by atoms with Gasteiger partial charge >= 0.3 is 5.63 Å². The van der Waals surface area contributed by atoms with Crippen LogP contribution in [0.15, 0.2) is 62.9 Å². The molecule has 2 aromatic rings. The van der Waals surface area contributed by atoms with Crippen molar-refractivity contribution in [2.75, 3.05) is 19.8 Å². The van der Waals surface area contributed by atoms with Crippen molar-refractivity contribution in [3.63, 3.8) is 0 Å². The van der Waals surface area contributed by atoms with E-state index in [1.165, 1.54) is 49.7 Å². The highest BCUT2D eigenvalue weighted by atomic mass is 16.5. The van der Waals surface area contributed by atoms with Gasteiger partial charge in [0.2, 0.25) is 5.75 Å².